The highest BCUT2D eigenvalue weighted by Gasteiger charge is 2.33. The first-order chi connectivity index (χ1) is 15.4. The molecule has 1 aromatic heterocycles. The fourth-order valence-electron chi connectivity index (χ4n) is 4.04. The number of hydrogen-bond donors (Lipinski definition) is 1. The Morgan fingerprint density at radius 3 is 2.03 bits per heavy atom. The largest absolute Gasteiger partial charge is 0.329 e. The monoisotopic (exact) mass is 453 g/mol. The van der Waals surface area contributed by atoms with Crippen molar-refractivity contribution in [3.8, 4) is 0 Å². The molecule has 0 atom stereocenters. The van der Waals surface area contributed by atoms with Crippen LogP contribution in [0.3, 0.4) is 0 Å². The Morgan fingerprint density at radius 2 is 1.50 bits per heavy atom. The van der Waals surface area contributed by atoms with Crippen molar-refractivity contribution < 1.29 is 13.2 Å². The number of carbonyl (C=O) groups excluding carboxylic acids is 1. The summed E-state index contributed by atoms with van der Waals surface area (Å²) in [5.41, 5.74) is 2.52. The van der Waals surface area contributed by atoms with E-state index in [1.54, 1.807) is 23.6 Å². The number of nitrogens with one attached hydrogen (secondary N) is 1. The van der Waals surface area contributed by atoms with E-state index in [1.807, 2.05) is 60.7 Å². The third-order valence-electron chi connectivity index (χ3n) is 5.60. The average Bonchev–Trinajstić information content (AvgIpc) is 2.99. The van der Waals surface area contributed by atoms with Crippen molar-refractivity contribution in [2.24, 2.45) is 0 Å². The SMILES string of the molecule is Cc1n[nH]c(C)c1S(=O)(=O)N1CCCN(C(=O)N(c2ccccc2)c2ccccc2)CC1. The number of benzene rings is 2. The zero-order chi connectivity index (χ0) is 22.7. The molecule has 1 aliphatic rings. The van der Waals surface area contributed by atoms with E-state index in [-0.39, 0.29) is 17.5 Å². The first-order valence-electron chi connectivity index (χ1n) is 10.6. The van der Waals surface area contributed by atoms with Gasteiger partial charge in [-0.3, -0.25) is 10.00 Å². The third kappa shape index (κ3) is 4.26. The molecule has 2 aromatic carbocycles. The lowest BCUT2D eigenvalue weighted by Crippen LogP contribution is -2.43. The number of amides is 2. The summed E-state index contributed by atoms with van der Waals surface area (Å²) >= 11 is 0. The fraction of sp³-hybridized carbons (Fsp3) is 0.304. The van der Waals surface area contributed by atoms with E-state index >= 15 is 0 Å². The number of anilines is 2. The lowest BCUT2D eigenvalue weighted by molar-refractivity contribution is 0.210. The van der Waals surface area contributed by atoms with Crippen LogP contribution in [0.5, 0.6) is 0 Å². The molecular weight excluding hydrogens is 426 g/mol. The molecule has 0 spiro atoms. The number of aromatic amines is 1. The Morgan fingerprint density at radius 1 is 0.906 bits per heavy atom. The van der Waals surface area contributed by atoms with E-state index < -0.39 is 10.0 Å². The van der Waals surface area contributed by atoms with Gasteiger partial charge >= 0.3 is 6.03 Å². The molecule has 8 nitrogen and oxygen atoms in total. The number of nitrogens with zero attached hydrogens (tertiary/aromatic N) is 4. The Bertz CT molecular complexity index is 1120. The molecule has 1 aliphatic heterocycles. The van der Waals surface area contributed by atoms with Gasteiger partial charge in [-0.25, -0.2) is 13.2 Å². The molecule has 0 radical (unpaired) electrons. The lowest BCUT2D eigenvalue weighted by atomic mass is 10.2. The molecule has 2 amide bonds. The first kappa shape index (κ1) is 22.0. The van der Waals surface area contributed by atoms with Crippen LogP contribution in [-0.4, -0.2) is 60.0 Å². The molecule has 0 aliphatic carbocycles. The molecule has 0 saturated carbocycles. The maximum atomic E-state index is 13.6. The predicted octanol–water partition coefficient (Wildman–Crippen LogP) is 3.68. The molecule has 1 saturated heterocycles. The molecule has 2 heterocycles. The Hall–Kier alpha value is -3.17. The molecule has 3 aromatic rings. The van der Waals surface area contributed by atoms with Crippen LogP contribution in [0, 0.1) is 13.8 Å². The molecule has 4 rings (SSSR count). The Labute approximate surface area is 188 Å². The number of H-pyrrole nitrogens is 1. The summed E-state index contributed by atoms with van der Waals surface area (Å²) in [6, 6.07) is 18.8. The van der Waals surface area contributed by atoms with Crippen LogP contribution in [0.1, 0.15) is 17.8 Å². The summed E-state index contributed by atoms with van der Waals surface area (Å²) in [6.07, 6.45) is 0.554. The van der Waals surface area contributed by atoms with Crippen molar-refractivity contribution in [1.82, 2.24) is 19.4 Å². The number of sulfonamides is 1. The third-order valence-corrected chi connectivity index (χ3v) is 7.77. The predicted molar refractivity (Wildman–Crippen MR) is 123 cm³/mol. The smallest absolute Gasteiger partial charge is 0.323 e. The highest BCUT2D eigenvalue weighted by atomic mass is 32.2. The topological polar surface area (TPSA) is 89.6 Å². The maximum absolute atomic E-state index is 13.6. The molecular formula is C23H27N5O3S. The molecule has 1 N–H and O–H groups in total. The second kappa shape index (κ2) is 9.13. The zero-order valence-electron chi connectivity index (χ0n) is 18.2. The van der Waals surface area contributed by atoms with Crippen LogP contribution in [0.2, 0.25) is 0 Å². The maximum Gasteiger partial charge on any atom is 0.329 e. The number of para-hydroxylation sites is 2. The van der Waals surface area contributed by atoms with Crippen LogP contribution < -0.4 is 4.90 Å². The van der Waals surface area contributed by atoms with Crippen LogP contribution in [-0.2, 0) is 10.0 Å². The van der Waals surface area contributed by atoms with Crippen molar-refractivity contribution in [2.75, 3.05) is 31.1 Å². The van der Waals surface area contributed by atoms with Crippen molar-refractivity contribution >= 4 is 27.4 Å². The molecule has 32 heavy (non-hydrogen) atoms. The van der Waals surface area contributed by atoms with Gasteiger partial charge in [-0.15, -0.1) is 0 Å². The summed E-state index contributed by atoms with van der Waals surface area (Å²) in [5.74, 6) is 0. The van der Waals surface area contributed by atoms with Gasteiger partial charge in [0.1, 0.15) is 4.90 Å². The number of hydrogen-bond acceptors (Lipinski definition) is 4. The molecule has 1 fully saturated rings. The quantitative estimate of drug-likeness (QED) is 0.653. The Balaban J connectivity index is 1.57. The molecule has 0 bridgehead atoms. The van der Waals surface area contributed by atoms with Crippen molar-refractivity contribution in [1.29, 1.82) is 0 Å². The minimum atomic E-state index is -3.69. The molecule has 9 heteroatoms. The minimum absolute atomic E-state index is 0.169. The summed E-state index contributed by atoms with van der Waals surface area (Å²) in [4.78, 5) is 17.2. The van der Waals surface area contributed by atoms with Gasteiger partial charge < -0.3 is 4.90 Å². The van der Waals surface area contributed by atoms with E-state index in [2.05, 4.69) is 10.2 Å². The minimum Gasteiger partial charge on any atom is -0.323 e. The number of carbonyl (C=O) groups is 1. The van der Waals surface area contributed by atoms with Gasteiger partial charge in [-0.2, -0.15) is 9.40 Å². The van der Waals surface area contributed by atoms with Gasteiger partial charge in [0.25, 0.3) is 0 Å². The summed E-state index contributed by atoms with van der Waals surface area (Å²) in [7, 11) is -3.69. The van der Waals surface area contributed by atoms with Crippen molar-refractivity contribution in [3.05, 3.63) is 72.1 Å². The van der Waals surface area contributed by atoms with Crippen molar-refractivity contribution in [2.45, 2.75) is 25.2 Å². The normalized spacial score (nSPS) is 15.4. The zero-order valence-corrected chi connectivity index (χ0v) is 19.0. The van der Waals surface area contributed by atoms with Crippen LogP contribution in [0.15, 0.2) is 65.6 Å². The van der Waals surface area contributed by atoms with Gasteiger partial charge in [0.15, 0.2) is 0 Å². The molecule has 0 unspecified atom stereocenters. The van der Waals surface area contributed by atoms with E-state index in [9.17, 15) is 13.2 Å². The van der Waals surface area contributed by atoms with Crippen LogP contribution in [0.25, 0.3) is 0 Å². The average molecular weight is 454 g/mol. The number of urea groups is 1. The van der Waals surface area contributed by atoms with Gasteiger partial charge in [0, 0.05) is 26.2 Å². The highest BCUT2D eigenvalue weighted by Crippen LogP contribution is 2.28. The van der Waals surface area contributed by atoms with Gasteiger partial charge in [-0.1, -0.05) is 36.4 Å². The first-order valence-corrected chi connectivity index (χ1v) is 12.0. The van der Waals surface area contributed by atoms with Gasteiger partial charge in [0.05, 0.1) is 22.8 Å². The van der Waals surface area contributed by atoms with Gasteiger partial charge in [-0.05, 0) is 44.5 Å². The number of aryl methyl sites for hydroxylation is 2. The van der Waals surface area contributed by atoms with Crippen molar-refractivity contribution in [3.63, 3.8) is 0 Å². The standard InChI is InChI=1S/C23H27N5O3S/c1-18-22(19(2)25-24-18)32(30,31)27-15-9-14-26(16-17-27)23(29)28(20-10-5-3-6-11-20)21-12-7-4-8-13-21/h3-8,10-13H,9,14-17H2,1-2H3,(H,24,25). The van der Waals surface area contributed by atoms with E-state index in [0.717, 1.165) is 11.4 Å². The second-order valence-corrected chi connectivity index (χ2v) is 9.67. The van der Waals surface area contributed by atoms with E-state index in [0.29, 0.717) is 37.4 Å². The summed E-state index contributed by atoms with van der Waals surface area (Å²) in [6.45, 7) is 4.76. The summed E-state index contributed by atoms with van der Waals surface area (Å²) < 4.78 is 28.0. The van der Waals surface area contributed by atoms with E-state index in [1.165, 1.54) is 4.31 Å². The number of aromatic nitrogens is 2. The highest BCUT2D eigenvalue weighted by molar-refractivity contribution is 7.89. The summed E-state index contributed by atoms with van der Waals surface area (Å²) in [5, 5.41) is 6.78. The lowest BCUT2D eigenvalue weighted by Gasteiger charge is -2.30. The van der Waals surface area contributed by atoms with E-state index in [4.69, 9.17) is 0 Å². The van der Waals surface area contributed by atoms with Gasteiger partial charge in [0.2, 0.25) is 10.0 Å². The Kier molecular flexibility index (Phi) is 6.29. The second-order valence-electron chi connectivity index (χ2n) is 7.80. The van der Waals surface area contributed by atoms with Crippen LogP contribution in [0.4, 0.5) is 16.2 Å². The molecule has 168 valence electrons. The van der Waals surface area contributed by atoms with Crippen LogP contribution >= 0.6 is 0 Å². The fourth-order valence-corrected chi connectivity index (χ4v) is 5.84. The number of rotatable bonds is 4.